The van der Waals surface area contributed by atoms with Crippen LogP contribution in [-0.4, -0.2) is 33.2 Å². The fraction of sp³-hybridized carbons (Fsp3) is 0.227. The van der Waals surface area contributed by atoms with Gasteiger partial charge in [0.15, 0.2) is 11.5 Å². The first kappa shape index (κ1) is 21.2. The van der Waals surface area contributed by atoms with Gasteiger partial charge < -0.3 is 20.1 Å². The molecule has 1 aliphatic rings. The van der Waals surface area contributed by atoms with Crippen LogP contribution in [0.25, 0.3) is 22.5 Å². The van der Waals surface area contributed by atoms with Gasteiger partial charge in [-0.15, -0.1) is 5.53 Å². The van der Waals surface area contributed by atoms with Crippen LogP contribution in [0.2, 0.25) is 0 Å². The van der Waals surface area contributed by atoms with E-state index < -0.39 is 11.5 Å². The van der Waals surface area contributed by atoms with E-state index in [1.54, 1.807) is 13.8 Å². The smallest absolute Gasteiger partial charge is 0.328 e. The van der Waals surface area contributed by atoms with Crippen LogP contribution in [0.3, 0.4) is 0 Å². The molecule has 4 rings (SSSR count). The zero-order valence-corrected chi connectivity index (χ0v) is 17.9. The summed E-state index contributed by atoms with van der Waals surface area (Å²) in [4.78, 5) is 31.0. The molecule has 1 aromatic heterocycles. The normalized spacial score (nSPS) is 12.5. The van der Waals surface area contributed by atoms with E-state index in [2.05, 4.69) is 31.7 Å². The number of benzene rings is 2. The summed E-state index contributed by atoms with van der Waals surface area (Å²) in [7, 11) is 0. The average Bonchev–Trinajstić information content (AvgIpc) is 3.23. The zero-order chi connectivity index (χ0) is 22.9. The lowest BCUT2D eigenvalue weighted by molar-refractivity contribution is -0.141. The fourth-order valence-corrected chi connectivity index (χ4v) is 3.32. The molecular formula is C22H24N6O4. The van der Waals surface area contributed by atoms with Gasteiger partial charge in [0, 0.05) is 5.69 Å². The fourth-order valence-electron chi connectivity index (χ4n) is 3.32. The molecule has 166 valence electrons. The number of aromatic nitrogens is 2. The summed E-state index contributed by atoms with van der Waals surface area (Å²) in [6.45, 7) is 5.52. The molecule has 3 aromatic rings. The van der Waals surface area contributed by atoms with E-state index in [1.165, 1.54) is 0 Å². The summed E-state index contributed by atoms with van der Waals surface area (Å²) in [6, 6.07) is 13.1. The highest BCUT2D eigenvalue weighted by molar-refractivity contribution is 5.82. The number of anilines is 3. The minimum absolute atomic E-state index is 0.311. The molecule has 0 aliphatic carbocycles. The largest absolute Gasteiger partial charge is 0.493 e. The Bertz CT molecular complexity index is 1240. The van der Waals surface area contributed by atoms with Crippen molar-refractivity contribution >= 4 is 23.2 Å². The van der Waals surface area contributed by atoms with E-state index in [1.807, 2.05) is 49.4 Å². The summed E-state index contributed by atoms with van der Waals surface area (Å²) < 4.78 is 5.85. The molecule has 0 atom stereocenters. The SMILES string of the molecule is CCOc1cc(-c2cccc(NC(C)(C)C(=O)O)c2)ccc1-c1nc2c(c(=O)[nH]1)NNN2. The number of hydrazine groups is 2. The number of carboxylic acid groups (broad SMARTS) is 1. The molecule has 10 heteroatoms. The summed E-state index contributed by atoms with van der Waals surface area (Å²) in [6.07, 6.45) is 0. The van der Waals surface area contributed by atoms with Crippen molar-refractivity contribution in [2.75, 3.05) is 22.8 Å². The molecule has 0 saturated carbocycles. The van der Waals surface area contributed by atoms with Crippen LogP contribution in [-0.2, 0) is 4.79 Å². The van der Waals surface area contributed by atoms with Crippen molar-refractivity contribution in [3.8, 4) is 28.3 Å². The van der Waals surface area contributed by atoms with E-state index in [4.69, 9.17) is 4.74 Å². The van der Waals surface area contributed by atoms with Crippen molar-refractivity contribution in [1.29, 1.82) is 0 Å². The summed E-state index contributed by atoms with van der Waals surface area (Å²) in [5.74, 6) is 0.397. The number of nitrogens with zero attached hydrogens (tertiary/aromatic N) is 1. The molecule has 0 fully saturated rings. The Hall–Kier alpha value is -4.05. The molecule has 2 heterocycles. The third kappa shape index (κ3) is 4.08. The standard InChI is InChI=1S/C22H24N6O4/c1-4-32-16-11-13(12-6-5-7-14(10-12)25-22(2,3)21(30)31)8-9-15(16)18-23-19-17(20(29)24-18)26-28-27-19/h5-11,25-26,28H,4H2,1-3H3,(H,30,31)(H2,23,24,27,29). The van der Waals surface area contributed by atoms with Crippen LogP contribution in [0.1, 0.15) is 20.8 Å². The first-order valence-electron chi connectivity index (χ1n) is 10.1. The summed E-state index contributed by atoms with van der Waals surface area (Å²) in [5, 5.41) is 12.4. The Labute approximate surface area is 184 Å². The van der Waals surface area contributed by atoms with Crippen molar-refractivity contribution in [2.45, 2.75) is 26.3 Å². The second-order valence-corrected chi connectivity index (χ2v) is 7.79. The minimum atomic E-state index is -1.11. The van der Waals surface area contributed by atoms with E-state index >= 15 is 0 Å². The van der Waals surface area contributed by atoms with Gasteiger partial charge in [-0.1, -0.05) is 18.2 Å². The van der Waals surface area contributed by atoms with Crippen LogP contribution < -0.4 is 32.0 Å². The first-order chi connectivity index (χ1) is 15.3. The maximum atomic E-state index is 12.3. The molecule has 0 spiro atoms. The lowest BCUT2D eigenvalue weighted by atomic mass is 10.0. The lowest BCUT2D eigenvalue weighted by Crippen LogP contribution is -2.39. The van der Waals surface area contributed by atoms with Crippen molar-refractivity contribution in [2.24, 2.45) is 0 Å². The number of carboxylic acids is 1. The molecule has 10 nitrogen and oxygen atoms in total. The Morgan fingerprint density at radius 2 is 1.94 bits per heavy atom. The number of aromatic amines is 1. The monoisotopic (exact) mass is 436 g/mol. The number of H-pyrrole nitrogens is 1. The molecule has 1 aliphatic heterocycles. The highest BCUT2D eigenvalue weighted by Gasteiger charge is 2.26. The van der Waals surface area contributed by atoms with Crippen molar-refractivity contribution in [1.82, 2.24) is 15.5 Å². The van der Waals surface area contributed by atoms with Gasteiger partial charge >= 0.3 is 5.97 Å². The average molecular weight is 436 g/mol. The van der Waals surface area contributed by atoms with Gasteiger partial charge in [-0.3, -0.25) is 15.6 Å². The highest BCUT2D eigenvalue weighted by atomic mass is 16.5. The Morgan fingerprint density at radius 3 is 2.69 bits per heavy atom. The maximum Gasteiger partial charge on any atom is 0.328 e. The van der Waals surface area contributed by atoms with E-state index in [0.717, 1.165) is 11.1 Å². The van der Waals surface area contributed by atoms with Gasteiger partial charge in [0.05, 0.1) is 12.2 Å². The predicted molar refractivity (Wildman–Crippen MR) is 123 cm³/mol. The van der Waals surface area contributed by atoms with Crippen molar-refractivity contribution < 1.29 is 14.6 Å². The molecule has 2 aromatic carbocycles. The molecular weight excluding hydrogens is 412 g/mol. The van der Waals surface area contributed by atoms with Gasteiger partial charge in [-0.2, -0.15) is 0 Å². The van der Waals surface area contributed by atoms with E-state index in [-0.39, 0.29) is 5.56 Å². The number of hydrogen-bond acceptors (Lipinski definition) is 8. The molecule has 0 radical (unpaired) electrons. The highest BCUT2D eigenvalue weighted by Crippen LogP contribution is 2.34. The van der Waals surface area contributed by atoms with Crippen LogP contribution >= 0.6 is 0 Å². The third-order valence-electron chi connectivity index (χ3n) is 5.01. The van der Waals surface area contributed by atoms with Gasteiger partial charge in [0.2, 0.25) is 0 Å². The Morgan fingerprint density at radius 1 is 1.16 bits per heavy atom. The van der Waals surface area contributed by atoms with Crippen molar-refractivity contribution in [3.05, 3.63) is 52.8 Å². The van der Waals surface area contributed by atoms with Gasteiger partial charge in [-0.05, 0) is 56.2 Å². The molecule has 0 unspecified atom stereocenters. The number of ether oxygens (including phenoxy) is 1. The number of carbonyl (C=O) groups is 1. The summed E-state index contributed by atoms with van der Waals surface area (Å²) in [5.41, 5.74) is 10.1. The summed E-state index contributed by atoms with van der Waals surface area (Å²) >= 11 is 0. The van der Waals surface area contributed by atoms with Crippen molar-refractivity contribution in [3.63, 3.8) is 0 Å². The van der Waals surface area contributed by atoms with Crippen LogP contribution in [0.4, 0.5) is 17.2 Å². The van der Waals surface area contributed by atoms with Gasteiger partial charge in [-0.25, -0.2) is 9.78 Å². The number of hydrogen-bond donors (Lipinski definition) is 6. The molecule has 6 N–H and O–H groups in total. The predicted octanol–water partition coefficient (Wildman–Crippen LogP) is 3.03. The lowest BCUT2D eigenvalue weighted by Gasteiger charge is -2.22. The Balaban J connectivity index is 1.72. The first-order valence-corrected chi connectivity index (χ1v) is 10.1. The van der Waals surface area contributed by atoms with Crippen LogP contribution in [0, 0.1) is 0 Å². The zero-order valence-electron chi connectivity index (χ0n) is 17.9. The number of rotatable bonds is 7. The van der Waals surface area contributed by atoms with Gasteiger partial charge in [0.1, 0.15) is 17.1 Å². The second-order valence-electron chi connectivity index (χ2n) is 7.79. The van der Waals surface area contributed by atoms with Crippen LogP contribution in [0.5, 0.6) is 5.75 Å². The van der Waals surface area contributed by atoms with E-state index in [0.29, 0.717) is 40.9 Å². The minimum Gasteiger partial charge on any atom is -0.493 e. The quantitative estimate of drug-likeness (QED) is 0.330. The molecule has 0 saturated heterocycles. The van der Waals surface area contributed by atoms with E-state index in [9.17, 15) is 14.7 Å². The third-order valence-corrected chi connectivity index (χ3v) is 5.01. The second kappa shape index (κ2) is 8.23. The maximum absolute atomic E-state index is 12.3. The molecule has 32 heavy (non-hydrogen) atoms. The van der Waals surface area contributed by atoms with Crippen LogP contribution in [0.15, 0.2) is 47.3 Å². The molecule has 0 amide bonds. The molecule has 0 bridgehead atoms. The number of fused-ring (bicyclic) bond motifs is 1. The Kier molecular flexibility index (Phi) is 5.45. The number of nitrogens with one attached hydrogen (secondary N) is 5. The van der Waals surface area contributed by atoms with Gasteiger partial charge in [0.25, 0.3) is 5.56 Å². The number of aliphatic carboxylic acids is 1. The topological polar surface area (TPSA) is 140 Å².